The van der Waals surface area contributed by atoms with Gasteiger partial charge in [0.1, 0.15) is 0 Å². The van der Waals surface area contributed by atoms with Crippen LogP contribution in [0.3, 0.4) is 0 Å². The molecular formula is C42H25N5S. The van der Waals surface area contributed by atoms with Crippen molar-refractivity contribution in [2.45, 2.75) is 0 Å². The van der Waals surface area contributed by atoms with E-state index < -0.39 is 0 Å². The topological polar surface area (TPSA) is 56.5 Å². The summed E-state index contributed by atoms with van der Waals surface area (Å²) in [6.45, 7) is 0. The van der Waals surface area contributed by atoms with Gasteiger partial charge in [-0.3, -0.25) is 14.5 Å². The van der Waals surface area contributed by atoms with E-state index in [4.69, 9.17) is 15.0 Å². The maximum atomic E-state index is 5.05. The van der Waals surface area contributed by atoms with Crippen LogP contribution < -0.4 is 0 Å². The van der Waals surface area contributed by atoms with Crippen molar-refractivity contribution in [3.05, 3.63) is 152 Å². The second-order valence-electron chi connectivity index (χ2n) is 11.9. The van der Waals surface area contributed by atoms with Crippen molar-refractivity contribution in [1.82, 2.24) is 24.5 Å². The summed E-state index contributed by atoms with van der Waals surface area (Å²) in [4.78, 5) is 19.6. The molecule has 5 aromatic heterocycles. The highest BCUT2D eigenvalue weighted by Crippen LogP contribution is 2.45. The van der Waals surface area contributed by atoms with Gasteiger partial charge in [-0.25, -0.2) is 9.97 Å². The molecule has 0 radical (unpaired) electrons. The van der Waals surface area contributed by atoms with Crippen molar-refractivity contribution >= 4 is 64.1 Å². The fourth-order valence-corrected chi connectivity index (χ4v) is 8.13. The third kappa shape index (κ3) is 4.16. The zero-order chi connectivity index (χ0) is 31.6. The molecule has 0 N–H and O–H groups in total. The van der Waals surface area contributed by atoms with Crippen LogP contribution in [0.25, 0.3) is 92.5 Å². The van der Waals surface area contributed by atoms with Crippen molar-refractivity contribution in [2.75, 3.05) is 0 Å². The van der Waals surface area contributed by atoms with Crippen LogP contribution in [-0.4, -0.2) is 24.5 Å². The van der Waals surface area contributed by atoms with Crippen molar-refractivity contribution in [2.24, 2.45) is 0 Å². The molecule has 5 nitrogen and oxygen atoms in total. The Hall–Kier alpha value is -6.24. The number of fused-ring (bicyclic) bond motifs is 9. The first-order valence-electron chi connectivity index (χ1n) is 15.9. The first-order chi connectivity index (χ1) is 23.8. The molecule has 0 aliphatic rings. The van der Waals surface area contributed by atoms with E-state index in [0.717, 1.165) is 50.8 Å². The minimum Gasteiger partial charge on any atom is -0.292 e. The minimum absolute atomic E-state index is 0.772. The predicted octanol–water partition coefficient (Wildman–Crippen LogP) is 10.9. The number of benzene rings is 5. The van der Waals surface area contributed by atoms with Gasteiger partial charge in [0.05, 0.1) is 46.2 Å². The molecule has 0 amide bonds. The lowest BCUT2D eigenvalue weighted by Crippen LogP contribution is -1.99. The van der Waals surface area contributed by atoms with E-state index in [2.05, 4.69) is 101 Å². The monoisotopic (exact) mass is 631 g/mol. The fourth-order valence-electron chi connectivity index (χ4n) is 7.00. The van der Waals surface area contributed by atoms with Gasteiger partial charge in [0.2, 0.25) is 0 Å². The van der Waals surface area contributed by atoms with Gasteiger partial charge in [-0.05, 0) is 59.3 Å². The van der Waals surface area contributed by atoms with E-state index >= 15 is 0 Å². The maximum Gasteiger partial charge on any atom is 0.156 e. The van der Waals surface area contributed by atoms with E-state index in [1.165, 1.54) is 41.7 Å². The van der Waals surface area contributed by atoms with Crippen molar-refractivity contribution in [3.8, 4) is 39.7 Å². The van der Waals surface area contributed by atoms with E-state index in [-0.39, 0.29) is 0 Å². The lowest BCUT2D eigenvalue weighted by Gasteiger charge is -2.10. The Morgan fingerprint density at radius 1 is 0.458 bits per heavy atom. The normalized spacial score (nSPS) is 11.8. The number of para-hydroxylation sites is 1. The van der Waals surface area contributed by atoms with Crippen LogP contribution in [0.1, 0.15) is 0 Å². The summed E-state index contributed by atoms with van der Waals surface area (Å²) in [6, 6.07) is 46.5. The molecule has 48 heavy (non-hydrogen) atoms. The molecule has 0 aliphatic carbocycles. The Bertz CT molecular complexity index is 2760. The standard InChI is InChI=1S/C42H25N5S/c1-2-11-27(12-3-1)32-22-28(23-33(46-32)31-15-8-9-21-43-31)34-24-45-39(25-44-34)47-35-16-7-6-14-30(35)40-36(47)18-20-38-42(40)41-29-13-5-4-10-26(29)17-19-37(41)48-38/h1-25H. The molecule has 0 spiro atoms. The summed E-state index contributed by atoms with van der Waals surface area (Å²) >= 11 is 1.86. The molecule has 0 saturated carbocycles. The number of aromatic nitrogens is 5. The fraction of sp³-hybridized carbons (Fsp3) is 0. The number of hydrogen-bond acceptors (Lipinski definition) is 5. The second kappa shape index (κ2) is 10.7. The first-order valence-corrected chi connectivity index (χ1v) is 16.7. The highest BCUT2D eigenvalue weighted by Gasteiger charge is 2.20. The average Bonchev–Trinajstić information content (AvgIpc) is 3.71. The Morgan fingerprint density at radius 2 is 1.23 bits per heavy atom. The number of pyridine rings is 2. The Balaban J connectivity index is 1.17. The number of hydrogen-bond donors (Lipinski definition) is 0. The van der Waals surface area contributed by atoms with Crippen LogP contribution >= 0.6 is 11.3 Å². The van der Waals surface area contributed by atoms with Gasteiger partial charge >= 0.3 is 0 Å². The SMILES string of the molecule is c1ccc(-c2cc(-c3cnc(-n4c5ccccc5c5c6c(ccc54)sc4ccc5ccccc5c46)cn3)cc(-c3ccccn3)n2)cc1. The zero-order valence-corrected chi connectivity index (χ0v) is 26.4. The van der Waals surface area contributed by atoms with Gasteiger partial charge < -0.3 is 0 Å². The number of thiophene rings is 1. The van der Waals surface area contributed by atoms with Crippen LogP contribution in [0.5, 0.6) is 0 Å². The van der Waals surface area contributed by atoms with Crippen LogP contribution in [-0.2, 0) is 0 Å². The van der Waals surface area contributed by atoms with E-state index in [1.54, 1.807) is 6.20 Å². The maximum absolute atomic E-state index is 5.05. The van der Waals surface area contributed by atoms with Gasteiger partial charge in [-0.1, -0.05) is 84.9 Å². The lowest BCUT2D eigenvalue weighted by molar-refractivity contribution is 1.04. The van der Waals surface area contributed by atoms with Gasteiger partial charge in [0.15, 0.2) is 5.82 Å². The molecule has 10 aromatic rings. The summed E-state index contributed by atoms with van der Waals surface area (Å²) in [6.07, 6.45) is 5.55. The first kappa shape index (κ1) is 26.9. The molecule has 0 unspecified atom stereocenters. The van der Waals surface area contributed by atoms with Crippen LogP contribution in [0, 0.1) is 0 Å². The van der Waals surface area contributed by atoms with Crippen LogP contribution in [0.2, 0.25) is 0 Å². The summed E-state index contributed by atoms with van der Waals surface area (Å²) in [7, 11) is 0. The van der Waals surface area contributed by atoms with Gasteiger partial charge in [0.25, 0.3) is 0 Å². The van der Waals surface area contributed by atoms with Crippen LogP contribution in [0.15, 0.2) is 152 Å². The minimum atomic E-state index is 0.772. The molecule has 0 saturated heterocycles. The van der Waals surface area contributed by atoms with E-state index in [9.17, 15) is 0 Å². The molecule has 0 fully saturated rings. The molecule has 224 valence electrons. The van der Waals surface area contributed by atoms with Gasteiger partial charge in [-0.15, -0.1) is 11.3 Å². The summed E-state index contributed by atoms with van der Waals surface area (Å²) in [5, 5.41) is 7.61. The Morgan fingerprint density at radius 3 is 2.08 bits per heavy atom. The second-order valence-corrected chi connectivity index (χ2v) is 13.0. The van der Waals surface area contributed by atoms with Crippen LogP contribution in [0.4, 0.5) is 0 Å². The van der Waals surface area contributed by atoms with Crippen molar-refractivity contribution < 1.29 is 0 Å². The third-order valence-electron chi connectivity index (χ3n) is 9.15. The Kier molecular flexibility index (Phi) is 5.98. The smallest absolute Gasteiger partial charge is 0.156 e. The predicted molar refractivity (Wildman–Crippen MR) is 199 cm³/mol. The number of rotatable bonds is 4. The lowest BCUT2D eigenvalue weighted by atomic mass is 10.0. The summed E-state index contributed by atoms with van der Waals surface area (Å²) < 4.78 is 4.83. The summed E-state index contributed by atoms with van der Waals surface area (Å²) in [5.41, 5.74) is 7.43. The quantitative estimate of drug-likeness (QED) is 0.194. The molecule has 0 bridgehead atoms. The van der Waals surface area contributed by atoms with Gasteiger partial charge in [0, 0.05) is 48.3 Å². The van der Waals surface area contributed by atoms with E-state index in [1.807, 2.05) is 66.2 Å². The average molecular weight is 632 g/mol. The molecule has 0 atom stereocenters. The van der Waals surface area contributed by atoms with Crippen molar-refractivity contribution in [3.63, 3.8) is 0 Å². The van der Waals surface area contributed by atoms with E-state index in [0.29, 0.717) is 0 Å². The summed E-state index contributed by atoms with van der Waals surface area (Å²) in [5.74, 6) is 0.774. The highest BCUT2D eigenvalue weighted by molar-refractivity contribution is 7.26. The zero-order valence-electron chi connectivity index (χ0n) is 25.6. The third-order valence-corrected chi connectivity index (χ3v) is 10.3. The molecule has 5 heterocycles. The molecule has 10 rings (SSSR count). The number of nitrogens with zero attached hydrogens (tertiary/aromatic N) is 5. The van der Waals surface area contributed by atoms with Crippen molar-refractivity contribution in [1.29, 1.82) is 0 Å². The molecule has 6 heteroatoms. The van der Waals surface area contributed by atoms with Gasteiger partial charge in [-0.2, -0.15) is 0 Å². The molecule has 5 aromatic carbocycles. The Labute approximate surface area is 279 Å². The molecule has 0 aliphatic heterocycles. The molecular weight excluding hydrogens is 607 g/mol. The largest absolute Gasteiger partial charge is 0.292 e. The highest BCUT2D eigenvalue weighted by atomic mass is 32.1.